The van der Waals surface area contributed by atoms with Crippen LogP contribution in [0.1, 0.15) is 38.3 Å². The van der Waals surface area contributed by atoms with E-state index in [1.165, 1.54) is 12.8 Å². The molecule has 0 spiro atoms. The van der Waals surface area contributed by atoms with E-state index >= 15 is 0 Å². The first-order valence-corrected chi connectivity index (χ1v) is 8.17. The number of carbonyl (C=O) groups is 1. The average molecular weight is 303 g/mol. The molecule has 1 aromatic heterocycles. The summed E-state index contributed by atoms with van der Waals surface area (Å²) >= 11 is 0. The highest BCUT2D eigenvalue weighted by atomic mass is 16.2. The number of hydrogen-bond donors (Lipinski definition) is 1. The smallest absolute Gasteiger partial charge is 0.239 e. The summed E-state index contributed by atoms with van der Waals surface area (Å²) in [6, 6.07) is 1.96. The fraction of sp³-hybridized carbons (Fsp3) is 0.688. The molecule has 0 bridgehead atoms. The van der Waals surface area contributed by atoms with Gasteiger partial charge in [-0.25, -0.2) is 9.97 Å². The van der Waals surface area contributed by atoms with E-state index in [2.05, 4.69) is 20.1 Å². The zero-order valence-corrected chi connectivity index (χ0v) is 13.5. The van der Waals surface area contributed by atoms with Crippen LogP contribution in [0.15, 0.2) is 12.3 Å². The molecule has 22 heavy (non-hydrogen) atoms. The average Bonchev–Trinajstić information content (AvgIpc) is 3.18. The van der Waals surface area contributed by atoms with E-state index in [0.717, 1.165) is 44.1 Å². The Morgan fingerprint density at radius 3 is 2.82 bits per heavy atom. The minimum Gasteiger partial charge on any atom is -0.358 e. The van der Waals surface area contributed by atoms with Crippen molar-refractivity contribution >= 4 is 11.9 Å². The highest BCUT2D eigenvalue weighted by Crippen LogP contribution is 2.30. The first-order chi connectivity index (χ1) is 10.6. The van der Waals surface area contributed by atoms with Crippen molar-refractivity contribution in [3.05, 3.63) is 18.0 Å². The summed E-state index contributed by atoms with van der Waals surface area (Å²) in [5.74, 6) is 0.926. The Balaban J connectivity index is 1.75. The minimum absolute atomic E-state index is 0.0961. The normalized spacial score (nSPS) is 25.6. The van der Waals surface area contributed by atoms with Crippen LogP contribution in [0.2, 0.25) is 0 Å². The van der Waals surface area contributed by atoms with Gasteiger partial charge >= 0.3 is 0 Å². The number of nitrogens with one attached hydrogen (secondary N) is 1. The molecule has 0 aliphatic carbocycles. The molecule has 0 unspecified atom stereocenters. The van der Waals surface area contributed by atoms with Crippen LogP contribution in [-0.4, -0.2) is 53.0 Å². The topological polar surface area (TPSA) is 61.4 Å². The second-order valence-electron chi connectivity index (χ2n) is 6.42. The summed E-state index contributed by atoms with van der Waals surface area (Å²) in [5.41, 5.74) is 0.571. The molecule has 0 saturated carbocycles. The van der Waals surface area contributed by atoms with Crippen LogP contribution in [0, 0.1) is 0 Å². The third kappa shape index (κ3) is 2.79. The van der Waals surface area contributed by atoms with Gasteiger partial charge in [0.2, 0.25) is 11.9 Å². The lowest BCUT2D eigenvalue weighted by Crippen LogP contribution is -2.52. The highest BCUT2D eigenvalue weighted by Gasteiger charge is 2.42. The summed E-state index contributed by atoms with van der Waals surface area (Å²) in [6.45, 7) is 5.76. The van der Waals surface area contributed by atoms with Gasteiger partial charge in [0, 0.05) is 32.9 Å². The molecule has 1 atom stereocenters. The lowest BCUT2D eigenvalue weighted by atomic mass is 9.97. The van der Waals surface area contributed by atoms with Crippen LogP contribution in [0.5, 0.6) is 0 Å². The van der Waals surface area contributed by atoms with Crippen molar-refractivity contribution in [2.45, 2.75) is 44.7 Å². The Bertz CT molecular complexity index is 543. The lowest BCUT2D eigenvalue weighted by Gasteiger charge is -2.33. The monoisotopic (exact) mass is 303 g/mol. The van der Waals surface area contributed by atoms with E-state index in [9.17, 15) is 4.79 Å². The number of anilines is 1. The van der Waals surface area contributed by atoms with Crippen molar-refractivity contribution in [2.24, 2.45) is 0 Å². The van der Waals surface area contributed by atoms with Gasteiger partial charge in [0.1, 0.15) is 0 Å². The Labute approximate surface area is 131 Å². The molecule has 1 amide bonds. The highest BCUT2D eigenvalue weighted by molar-refractivity contribution is 5.85. The van der Waals surface area contributed by atoms with E-state index in [1.807, 2.05) is 19.2 Å². The second-order valence-corrected chi connectivity index (χ2v) is 6.42. The van der Waals surface area contributed by atoms with Crippen LogP contribution in [0.25, 0.3) is 0 Å². The Morgan fingerprint density at radius 1 is 1.32 bits per heavy atom. The maximum absolute atomic E-state index is 12.2. The molecule has 3 rings (SSSR count). The first kappa shape index (κ1) is 15.2. The van der Waals surface area contributed by atoms with E-state index in [1.54, 1.807) is 7.05 Å². The number of aromatic nitrogens is 2. The third-order valence-corrected chi connectivity index (χ3v) is 4.95. The number of rotatable bonds is 4. The van der Waals surface area contributed by atoms with Crippen LogP contribution in [-0.2, 0) is 11.3 Å². The summed E-state index contributed by atoms with van der Waals surface area (Å²) in [7, 11) is 1.71. The molecule has 2 fully saturated rings. The molecule has 2 aliphatic rings. The Hall–Kier alpha value is -1.69. The summed E-state index contributed by atoms with van der Waals surface area (Å²) in [5, 5.41) is 2.80. The fourth-order valence-corrected chi connectivity index (χ4v) is 3.54. The maximum atomic E-state index is 12.2. The van der Waals surface area contributed by atoms with Crippen LogP contribution in [0.4, 0.5) is 5.95 Å². The molecular formula is C16H25N5O. The Kier molecular flexibility index (Phi) is 4.29. The van der Waals surface area contributed by atoms with Gasteiger partial charge < -0.3 is 10.2 Å². The molecule has 2 aliphatic heterocycles. The van der Waals surface area contributed by atoms with Crippen LogP contribution >= 0.6 is 0 Å². The van der Waals surface area contributed by atoms with Gasteiger partial charge in [-0.3, -0.25) is 9.69 Å². The molecule has 6 nitrogen and oxygen atoms in total. The molecule has 0 aromatic carbocycles. The predicted octanol–water partition coefficient (Wildman–Crippen LogP) is 1.18. The number of carbonyl (C=O) groups excluding carboxylic acids is 1. The van der Waals surface area contributed by atoms with Gasteiger partial charge in [-0.2, -0.15) is 0 Å². The van der Waals surface area contributed by atoms with Crippen molar-refractivity contribution in [3.8, 4) is 0 Å². The zero-order chi connectivity index (χ0) is 15.6. The van der Waals surface area contributed by atoms with Crippen LogP contribution in [0.3, 0.4) is 0 Å². The largest absolute Gasteiger partial charge is 0.358 e. The summed E-state index contributed by atoms with van der Waals surface area (Å²) in [4.78, 5) is 25.8. The molecule has 0 radical (unpaired) electrons. The fourth-order valence-electron chi connectivity index (χ4n) is 3.54. The standard InChI is InChI=1S/C16H25N5O/c1-16(14(22)17-2)7-5-11-21(16)12-13-6-8-18-15(19-13)20-9-3-4-10-20/h6,8H,3-5,7,9-12H2,1-2H3,(H,17,22)/t16-/m1/s1. The number of likely N-dealkylation sites (tertiary alicyclic amines) is 1. The van der Waals surface area contributed by atoms with E-state index in [-0.39, 0.29) is 5.91 Å². The molecule has 2 saturated heterocycles. The van der Waals surface area contributed by atoms with E-state index in [4.69, 9.17) is 4.98 Å². The third-order valence-electron chi connectivity index (χ3n) is 4.95. The van der Waals surface area contributed by atoms with Crippen molar-refractivity contribution in [2.75, 3.05) is 31.6 Å². The second kappa shape index (κ2) is 6.20. The zero-order valence-electron chi connectivity index (χ0n) is 13.5. The molecule has 3 heterocycles. The predicted molar refractivity (Wildman–Crippen MR) is 85.6 cm³/mol. The Morgan fingerprint density at radius 2 is 2.09 bits per heavy atom. The molecular weight excluding hydrogens is 278 g/mol. The summed E-state index contributed by atoms with van der Waals surface area (Å²) < 4.78 is 0. The molecule has 1 aromatic rings. The van der Waals surface area contributed by atoms with Crippen molar-refractivity contribution in [3.63, 3.8) is 0 Å². The van der Waals surface area contributed by atoms with Crippen molar-refractivity contribution in [1.82, 2.24) is 20.2 Å². The molecule has 1 N–H and O–H groups in total. The molecule has 120 valence electrons. The number of hydrogen-bond acceptors (Lipinski definition) is 5. The van der Waals surface area contributed by atoms with Gasteiger partial charge in [-0.15, -0.1) is 0 Å². The lowest BCUT2D eigenvalue weighted by molar-refractivity contribution is -0.130. The van der Waals surface area contributed by atoms with Crippen molar-refractivity contribution < 1.29 is 4.79 Å². The van der Waals surface area contributed by atoms with Gasteiger partial charge in [-0.05, 0) is 45.2 Å². The first-order valence-electron chi connectivity index (χ1n) is 8.17. The maximum Gasteiger partial charge on any atom is 0.239 e. The minimum atomic E-state index is -0.423. The van der Waals surface area contributed by atoms with Gasteiger partial charge in [0.05, 0.1) is 11.2 Å². The van der Waals surface area contributed by atoms with Crippen LogP contribution < -0.4 is 10.2 Å². The summed E-state index contributed by atoms with van der Waals surface area (Å²) in [6.07, 6.45) is 6.22. The van der Waals surface area contributed by atoms with Gasteiger partial charge in [0.15, 0.2) is 0 Å². The number of likely N-dealkylation sites (N-methyl/N-ethyl adjacent to an activating group) is 1. The quantitative estimate of drug-likeness (QED) is 0.905. The van der Waals surface area contributed by atoms with Crippen molar-refractivity contribution in [1.29, 1.82) is 0 Å². The van der Waals surface area contributed by atoms with E-state index < -0.39 is 5.54 Å². The number of nitrogens with zero attached hydrogens (tertiary/aromatic N) is 4. The number of amides is 1. The molecule has 6 heteroatoms. The van der Waals surface area contributed by atoms with Gasteiger partial charge in [-0.1, -0.05) is 0 Å². The SMILES string of the molecule is CNC(=O)[C@@]1(C)CCCN1Cc1ccnc(N2CCCC2)n1. The van der Waals surface area contributed by atoms with E-state index in [0.29, 0.717) is 6.54 Å². The van der Waals surface area contributed by atoms with Gasteiger partial charge in [0.25, 0.3) is 0 Å².